The minimum absolute atomic E-state index is 0.0936. The van der Waals surface area contributed by atoms with E-state index in [1.165, 1.54) is 9.80 Å². The molecule has 0 bridgehead atoms. The lowest BCUT2D eigenvalue weighted by molar-refractivity contribution is -0.128. The van der Waals surface area contributed by atoms with Gasteiger partial charge in [-0.3, -0.25) is 19.4 Å². The van der Waals surface area contributed by atoms with E-state index in [2.05, 4.69) is 6.58 Å². The molecule has 21 heavy (non-hydrogen) atoms. The normalized spacial score (nSPS) is 15.9. The molecule has 1 aromatic carbocycles. The van der Waals surface area contributed by atoms with Crippen LogP contribution in [0.5, 0.6) is 0 Å². The molecule has 6 heteroatoms. The SMILES string of the molecule is C=C1C(=O)N(CCOCC)C(=S)N(c2ccccc2)C1=O. The number of carbonyl (C=O) groups excluding carboxylic acids is 2. The second-order valence-corrected chi connectivity index (χ2v) is 4.76. The summed E-state index contributed by atoms with van der Waals surface area (Å²) in [5, 5.41) is 0.156. The molecule has 2 rings (SSSR count). The monoisotopic (exact) mass is 304 g/mol. The van der Waals surface area contributed by atoms with Gasteiger partial charge in [0.2, 0.25) is 0 Å². The largest absolute Gasteiger partial charge is 0.380 e. The number of carbonyl (C=O) groups is 2. The van der Waals surface area contributed by atoms with Gasteiger partial charge >= 0.3 is 0 Å². The van der Waals surface area contributed by atoms with E-state index in [1.54, 1.807) is 24.3 Å². The third-order valence-corrected chi connectivity index (χ3v) is 3.47. The quantitative estimate of drug-likeness (QED) is 0.360. The number of nitrogens with zero attached hydrogens (tertiary/aromatic N) is 2. The Labute approximate surface area is 128 Å². The number of anilines is 1. The Bertz CT molecular complexity index is 586. The van der Waals surface area contributed by atoms with E-state index in [4.69, 9.17) is 17.0 Å². The second kappa shape index (κ2) is 6.60. The maximum atomic E-state index is 12.3. The van der Waals surface area contributed by atoms with E-state index in [1.807, 2.05) is 13.0 Å². The Kier molecular flexibility index (Phi) is 4.82. The first-order chi connectivity index (χ1) is 10.1. The molecule has 1 aliphatic rings. The molecule has 110 valence electrons. The molecule has 0 radical (unpaired) electrons. The fourth-order valence-corrected chi connectivity index (χ4v) is 2.35. The molecule has 0 atom stereocenters. The summed E-state index contributed by atoms with van der Waals surface area (Å²) >= 11 is 5.30. The van der Waals surface area contributed by atoms with Gasteiger partial charge in [-0.2, -0.15) is 0 Å². The van der Waals surface area contributed by atoms with Crippen molar-refractivity contribution in [2.24, 2.45) is 0 Å². The van der Waals surface area contributed by atoms with Crippen molar-refractivity contribution in [2.75, 3.05) is 24.7 Å². The van der Waals surface area contributed by atoms with E-state index in [-0.39, 0.29) is 10.7 Å². The number of para-hydroxylation sites is 1. The van der Waals surface area contributed by atoms with Crippen LogP contribution in [0.3, 0.4) is 0 Å². The van der Waals surface area contributed by atoms with Crippen LogP contribution in [-0.4, -0.2) is 41.6 Å². The highest BCUT2D eigenvalue weighted by Gasteiger charge is 2.38. The Morgan fingerprint density at radius 2 is 1.86 bits per heavy atom. The number of hydrogen-bond donors (Lipinski definition) is 0. The zero-order valence-corrected chi connectivity index (χ0v) is 12.6. The zero-order chi connectivity index (χ0) is 15.4. The molecule has 0 unspecified atom stereocenters. The molecule has 1 aromatic rings. The predicted octanol–water partition coefficient (Wildman–Crippen LogP) is 1.74. The zero-order valence-electron chi connectivity index (χ0n) is 11.7. The average Bonchev–Trinajstić information content (AvgIpc) is 2.50. The highest BCUT2D eigenvalue weighted by Crippen LogP contribution is 2.23. The van der Waals surface area contributed by atoms with E-state index >= 15 is 0 Å². The number of ether oxygens (including phenoxy) is 1. The molecular weight excluding hydrogens is 288 g/mol. The molecule has 2 amide bonds. The molecule has 0 N–H and O–H groups in total. The number of benzene rings is 1. The maximum absolute atomic E-state index is 12.3. The van der Waals surface area contributed by atoms with Crippen molar-refractivity contribution in [3.63, 3.8) is 0 Å². The summed E-state index contributed by atoms with van der Waals surface area (Å²) in [7, 11) is 0. The summed E-state index contributed by atoms with van der Waals surface area (Å²) in [6, 6.07) is 8.96. The summed E-state index contributed by atoms with van der Waals surface area (Å²) in [5.41, 5.74) is 0.520. The van der Waals surface area contributed by atoms with Crippen LogP contribution < -0.4 is 4.90 Å². The molecule has 1 saturated heterocycles. The van der Waals surface area contributed by atoms with Crippen molar-refractivity contribution in [3.05, 3.63) is 42.5 Å². The Morgan fingerprint density at radius 3 is 2.48 bits per heavy atom. The number of thiocarbonyl (C=S) groups is 1. The molecular formula is C15H16N2O3S. The lowest BCUT2D eigenvalue weighted by Gasteiger charge is -2.36. The number of rotatable bonds is 5. The van der Waals surface area contributed by atoms with Crippen molar-refractivity contribution in [3.8, 4) is 0 Å². The third-order valence-electron chi connectivity index (χ3n) is 3.06. The van der Waals surface area contributed by atoms with E-state index < -0.39 is 11.8 Å². The number of amides is 2. The Hall–Kier alpha value is -2.05. The number of hydrogen-bond acceptors (Lipinski definition) is 4. The standard InChI is InChI=1S/C15H16N2O3S/c1-3-20-10-9-16-13(18)11(2)14(19)17(15(16)21)12-7-5-4-6-8-12/h4-8H,2-3,9-10H2,1H3. The van der Waals surface area contributed by atoms with Gasteiger partial charge in [0.15, 0.2) is 5.11 Å². The first kappa shape index (κ1) is 15.3. The molecule has 1 fully saturated rings. The second-order valence-electron chi connectivity index (χ2n) is 4.39. The van der Waals surface area contributed by atoms with Crippen molar-refractivity contribution in [1.29, 1.82) is 0 Å². The summed E-state index contributed by atoms with van der Waals surface area (Å²) < 4.78 is 5.25. The van der Waals surface area contributed by atoms with Crippen LogP contribution in [0.15, 0.2) is 42.5 Å². The van der Waals surface area contributed by atoms with Crippen molar-refractivity contribution < 1.29 is 14.3 Å². The van der Waals surface area contributed by atoms with E-state index in [0.717, 1.165) is 0 Å². The van der Waals surface area contributed by atoms with Gasteiger partial charge in [0.25, 0.3) is 11.8 Å². The summed E-state index contributed by atoms with van der Waals surface area (Å²) in [5.74, 6) is -0.944. The summed E-state index contributed by atoms with van der Waals surface area (Å²) in [6.07, 6.45) is 0. The topological polar surface area (TPSA) is 49.9 Å². The third kappa shape index (κ3) is 3.01. The van der Waals surface area contributed by atoms with Crippen molar-refractivity contribution in [1.82, 2.24) is 4.90 Å². The molecule has 1 heterocycles. The van der Waals surface area contributed by atoms with Gasteiger partial charge in [-0.05, 0) is 31.3 Å². The summed E-state index contributed by atoms with van der Waals surface area (Å²) in [6.45, 7) is 6.65. The first-order valence-electron chi connectivity index (χ1n) is 6.60. The smallest absolute Gasteiger partial charge is 0.269 e. The van der Waals surface area contributed by atoms with Crippen LogP contribution >= 0.6 is 12.2 Å². The van der Waals surface area contributed by atoms with Crippen LogP contribution in [0.1, 0.15) is 6.92 Å². The minimum Gasteiger partial charge on any atom is -0.380 e. The lowest BCUT2D eigenvalue weighted by atomic mass is 10.1. The Morgan fingerprint density at radius 1 is 1.19 bits per heavy atom. The van der Waals surface area contributed by atoms with Crippen LogP contribution in [0.25, 0.3) is 0 Å². The van der Waals surface area contributed by atoms with Crippen LogP contribution in [0.4, 0.5) is 5.69 Å². The maximum Gasteiger partial charge on any atom is 0.269 e. The van der Waals surface area contributed by atoms with Gasteiger partial charge in [-0.1, -0.05) is 24.8 Å². The molecule has 1 aliphatic heterocycles. The molecule has 0 aliphatic carbocycles. The van der Waals surface area contributed by atoms with Crippen LogP contribution in [-0.2, 0) is 14.3 Å². The van der Waals surface area contributed by atoms with Crippen molar-refractivity contribution >= 4 is 34.8 Å². The van der Waals surface area contributed by atoms with E-state index in [0.29, 0.717) is 25.4 Å². The lowest BCUT2D eigenvalue weighted by Crippen LogP contribution is -2.57. The van der Waals surface area contributed by atoms with Crippen molar-refractivity contribution in [2.45, 2.75) is 6.92 Å². The van der Waals surface area contributed by atoms with Gasteiger partial charge < -0.3 is 4.74 Å². The minimum atomic E-state index is -0.483. The van der Waals surface area contributed by atoms with Gasteiger partial charge in [-0.15, -0.1) is 0 Å². The van der Waals surface area contributed by atoms with Gasteiger partial charge in [0.05, 0.1) is 24.4 Å². The van der Waals surface area contributed by atoms with Gasteiger partial charge in [-0.25, -0.2) is 0 Å². The van der Waals surface area contributed by atoms with Crippen LogP contribution in [0.2, 0.25) is 0 Å². The first-order valence-corrected chi connectivity index (χ1v) is 7.00. The molecule has 0 saturated carbocycles. The van der Waals surface area contributed by atoms with Gasteiger partial charge in [0, 0.05) is 6.61 Å². The fraction of sp³-hybridized carbons (Fsp3) is 0.267. The van der Waals surface area contributed by atoms with Gasteiger partial charge in [0.1, 0.15) is 0 Å². The Balaban J connectivity index is 2.29. The highest BCUT2D eigenvalue weighted by atomic mass is 32.1. The summed E-state index contributed by atoms with van der Waals surface area (Å²) in [4.78, 5) is 27.1. The average molecular weight is 304 g/mol. The molecule has 0 aromatic heterocycles. The predicted molar refractivity (Wildman–Crippen MR) is 83.9 cm³/mol. The van der Waals surface area contributed by atoms with E-state index in [9.17, 15) is 9.59 Å². The molecule has 5 nitrogen and oxygen atoms in total. The highest BCUT2D eigenvalue weighted by molar-refractivity contribution is 7.80. The fourth-order valence-electron chi connectivity index (χ4n) is 1.99. The molecule has 0 spiro atoms. The van der Waals surface area contributed by atoms with Crippen LogP contribution in [0, 0.1) is 0 Å².